The highest BCUT2D eigenvalue weighted by Crippen LogP contribution is 2.22. The molecule has 0 aliphatic carbocycles. The molecule has 1 heterocycles. The van der Waals surface area contributed by atoms with Gasteiger partial charge in [0.25, 0.3) is 0 Å². The number of nitrogens with zero attached hydrogens (tertiary/aromatic N) is 1. The van der Waals surface area contributed by atoms with Crippen molar-refractivity contribution in [3.63, 3.8) is 0 Å². The molecule has 1 nitrogen and oxygen atoms in total. The Morgan fingerprint density at radius 3 is 2.38 bits per heavy atom. The van der Waals surface area contributed by atoms with E-state index in [0.29, 0.717) is 0 Å². The molecule has 0 saturated carbocycles. The van der Waals surface area contributed by atoms with Crippen LogP contribution in [0.15, 0.2) is 11.6 Å². The molecule has 13 heavy (non-hydrogen) atoms. The molecule has 0 bridgehead atoms. The molecule has 0 N–H and O–H groups in total. The fourth-order valence-corrected chi connectivity index (χ4v) is 1.73. The summed E-state index contributed by atoms with van der Waals surface area (Å²) < 4.78 is 0. The van der Waals surface area contributed by atoms with Crippen molar-refractivity contribution in [3.8, 4) is 0 Å². The highest BCUT2D eigenvalue weighted by molar-refractivity contribution is 5.85. The first-order valence-corrected chi connectivity index (χ1v) is 4.98. The van der Waals surface area contributed by atoms with E-state index in [0.717, 1.165) is 18.5 Å². The van der Waals surface area contributed by atoms with Crippen LogP contribution >= 0.6 is 12.4 Å². The van der Waals surface area contributed by atoms with Crippen molar-refractivity contribution < 1.29 is 0 Å². The van der Waals surface area contributed by atoms with Crippen LogP contribution in [-0.2, 0) is 0 Å². The number of hydrogen-bond acceptors (Lipinski definition) is 1. The van der Waals surface area contributed by atoms with E-state index < -0.39 is 0 Å². The Morgan fingerprint density at radius 2 is 2.00 bits per heavy atom. The van der Waals surface area contributed by atoms with Crippen LogP contribution < -0.4 is 0 Å². The van der Waals surface area contributed by atoms with Gasteiger partial charge in [-0.2, -0.15) is 0 Å². The van der Waals surface area contributed by atoms with E-state index in [4.69, 9.17) is 0 Å². The van der Waals surface area contributed by atoms with Crippen LogP contribution in [0.2, 0.25) is 0 Å². The largest absolute Gasteiger partial charge is 0.297 e. The molecule has 1 aliphatic heterocycles. The van der Waals surface area contributed by atoms with Crippen molar-refractivity contribution in [2.75, 3.05) is 13.1 Å². The van der Waals surface area contributed by atoms with E-state index in [2.05, 4.69) is 38.7 Å². The average Bonchev–Trinajstić information content (AvgIpc) is 2.30. The maximum absolute atomic E-state index is 2.57. The quantitative estimate of drug-likeness (QED) is 0.624. The average molecular weight is 204 g/mol. The number of allylic oxidation sites excluding steroid dienone is 1. The Labute approximate surface area is 88.6 Å². The van der Waals surface area contributed by atoms with Gasteiger partial charge in [-0.3, -0.25) is 4.90 Å². The third kappa shape index (κ3) is 3.70. The van der Waals surface area contributed by atoms with Crippen LogP contribution in [0.4, 0.5) is 0 Å². The highest BCUT2D eigenvalue weighted by Gasteiger charge is 2.25. The zero-order valence-corrected chi connectivity index (χ0v) is 10.0. The summed E-state index contributed by atoms with van der Waals surface area (Å²) in [6, 6.07) is 0.778. The molecule has 0 aromatic rings. The predicted molar refractivity (Wildman–Crippen MR) is 61.5 cm³/mol. The SMILES string of the molecule is CC(C)=CCN1CCC(C)C1C.Cl. The lowest BCUT2D eigenvalue weighted by Crippen LogP contribution is -2.29. The van der Waals surface area contributed by atoms with Crippen molar-refractivity contribution in [3.05, 3.63) is 11.6 Å². The summed E-state index contributed by atoms with van der Waals surface area (Å²) in [6.45, 7) is 11.5. The molecular weight excluding hydrogens is 182 g/mol. The summed E-state index contributed by atoms with van der Waals surface area (Å²) in [7, 11) is 0. The van der Waals surface area contributed by atoms with Gasteiger partial charge < -0.3 is 0 Å². The van der Waals surface area contributed by atoms with E-state index in [9.17, 15) is 0 Å². The Morgan fingerprint density at radius 1 is 1.38 bits per heavy atom. The molecule has 0 spiro atoms. The zero-order chi connectivity index (χ0) is 9.14. The van der Waals surface area contributed by atoms with Gasteiger partial charge in [0.05, 0.1) is 0 Å². The summed E-state index contributed by atoms with van der Waals surface area (Å²) >= 11 is 0. The van der Waals surface area contributed by atoms with Crippen LogP contribution in [0.5, 0.6) is 0 Å². The standard InChI is InChI=1S/C11H21N.ClH/c1-9(2)5-7-12-8-6-10(3)11(12)4;/h5,10-11H,6-8H2,1-4H3;1H. The second-order valence-corrected chi connectivity index (χ2v) is 4.28. The lowest BCUT2D eigenvalue weighted by Gasteiger charge is -2.21. The lowest BCUT2D eigenvalue weighted by molar-refractivity contribution is 0.272. The van der Waals surface area contributed by atoms with Gasteiger partial charge in [0.2, 0.25) is 0 Å². The minimum absolute atomic E-state index is 0. The van der Waals surface area contributed by atoms with Crippen molar-refractivity contribution in [1.29, 1.82) is 0 Å². The molecule has 1 aliphatic rings. The van der Waals surface area contributed by atoms with Crippen LogP contribution in [-0.4, -0.2) is 24.0 Å². The minimum Gasteiger partial charge on any atom is -0.297 e. The highest BCUT2D eigenvalue weighted by atomic mass is 35.5. The molecule has 0 aromatic heterocycles. The van der Waals surface area contributed by atoms with Gasteiger partial charge in [-0.15, -0.1) is 12.4 Å². The normalized spacial score (nSPS) is 28.3. The number of halogens is 1. The molecular formula is C11H22ClN. The van der Waals surface area contributed by atoms with Gasteiger partial charge in [-0.05, 0) is 39.7 Å². The first-order chi connectivity index (χ1) is 5.61. The second-order valence-electron chi connectivity index (χ2n) is 4.28. The minimum atomic E-state index is 0. The summed E-state index contributed by atoms with van der Waals surface area (Å²) in [4.78, 5) is 2.57. The van der Waals surface area contributed by atoms with E-state index in [1.165, 1.54) is 18.5 Å². The molecule has 2 heteroatoms. The van der Waals surface area contributed by atoms with Gasteiger partial charge in [-0.25, -0.2) is 0 Å². The van der Waals surface area contributed by atoms with Crippen LogP contribution in [0.1, 0.15) is 34.1 Å². The maximum Gasteiger partial charge on any atom is 0.0168 e. The first kappa shape index (κ1) is 13.0. The molecule has 0 aromatic carbocycles. The fraction of sp³-hybridized carbons (Fsp3) is 0.818. The van der Waals surface area contributed by atoms with E-state index in [1.54, 1.807) is 0 Å². The monoisotopic (exact) mass is 203 g/mol. The molecule has 1 fully saturated rings. The first-order valence-electron chi connectivity index (χ1n) is 4.98. The van der Waals surface area contributed by atoms with E-state index in [1.807, 2.05) is 0 Å². The molecule has 2 atom stereocenters. The van der Waals surface area contributed by atoms with Gasteiger partial charge in [0.1, 0.15) is 0 Å². The third-order valence-corrected chi connectivity index (χ3v) is 3.01. The van der Waals surface area contributed by atoms with Gasteiger partial charge in [-0.1, -0.05) is 18.6 Å². The Bertz CT molecular complexity index is 173. The Hall–Kier alpha value is -0.0100. The Balaban J connectivity index is 0.00000144. The van der Waals surface area contributed by atoms with Gasteiger partial charge >= 0.3 is 0 Å². The molecule has 78 valence electrons. The van der Waals surface area contributed by atoms with Crippen molar-refractivity contribution in [2.24, 2.45) is 5.92 Å². The lowest BCUT2D eigenvalue weighted by atomic mass is 10.1. The number of hydrogen-bond donors (Lipinski definition) is 0. The molecule has 0 radical (unpaired) electrons. The smallest absolute Gasteiger partial charge is 0.0168 e. The number of rotatable bonds is 2. The second kappa shape index (κ2) is 5.66. The van der Waals surface area contributed by atoms with Gasteiger partial charge in [0, 0.05) is 12.6 Å². The topological polar surface area (TPSA) is 3.24 Å². The third-order valence-electron chi connectivity index (χ3n) is 3.01. The summed E-state index contributed by atoms with van der Waals surface area (Å²) in [6.07, 6.45) is 3.70. The van der Waals surface area contributed by atoms with E-state index in [-0.39, 0.29) is 12.4 Å². The summed E-state index contributed by atoms with van der Waals surface area (Å²) in [5, 5.41) is 0. The Kier molecular flexibility index (Phi) is 5.66. The van der Waals surface area contributed by atoms with Crippen molar-refractivity contribution >= 4 is 12.4 Å². The van der Waals surface area contributed by atoms with Crippen LogP contribution in [0, 0.1) is 5.92 Å². The molecule has 0 amide bonds. The van der Waals surface area contributed by atoms with Crippen molar-refractivity contribution in [1.82, 2.24) is 4.90 Å². The zero-order valence-electron chi connectivity index (χ0n) is 9.21. The van der Waals surface area contributed by atoms with Crippen LogP contribution in [0.25, 0.3) is 0 Å². The molecule has 1 rings (SSSR count). The molecule has 2 unspecified atom stereocenters. The van der Waals surface area contributed by atoms with Crippen molar-refractivity contribution in [2.45, 2.75) is 40.2 Å². The number of likely N-dealkylation sites (tertiary alicyclic amines) is 1. The molecule has 1 saturated heterocycles. The predicted octanol–water partition coefficient (Wildman–Crippen LogP) is 3.10. The maximum atomic E-state index is 2.57. The van der Waals surface area contributed by atoms with E-state index >= 15 is 0 Å². The fourth-order valence-electron chi connectivity index (χ4n) is 1.73. The summed E-state index contributed by atoms with van der Waals surface area (Å²) in [5.41, 5.74) is 1.43. The van der Waals surface area contributed by atoms with Gasteiger partial charge in [0.15, 0.2) is 0 Å². The summed E-state index contributed by atoms with van der Waals surface area (Å²) in [5.74, 6) is 0.885. The van der Waals surface area contributed by atoms with Crippen LogP contribution in [0.3, 0.4) is 0 Å².